The number of rotatable bonds is 2. The van der Waals surface area contributed by atoms with E-state index in [1.54, 1.807) is 26.0 Å². The van der Waals surface area contributed by atoms with Gasteiger partial charge in [0.15, 0.2) is 0 Å². The highest BCUT2D eigenvalue weighted by molar-refractivity contribution is 6.03. The van der Waals surface area contributed by atoms with Crippen LogP contribution < -0.4 is 5.32 Å². The zero-order valence-corrected chi connectivity index (χ0v) is 11.5. The fourth-order valence-corrected chi connectivity index (χ4v) is 1.78. The van der Waals surface area contributed by atoms with Gasteiger partial charge in [-0.2, -0.15) is 10.5 Å². The number of aryl methyl sites for hydroxylation is 1. The SMILES string of the molecule is Cc1cc(C#N)c(C)c(C(=O)Nc2ccc(C#N)cn2)n1. The molecule has 0 spiro atoms. The van der Waals surface area contributed by atoms with Crippen LogP contribution in [0.5, 0.6) is 0 Å². The maximum Gasteiger partial charge on any atom is 0.275 e. The van der Waals surface area contributed by atoms with E-state index in [1.165, 1.54) is 12.3 Å². The number of anilines is 1. The third kappa shape index (κ3) is 3.02. The smallest absolute Gasteiger partial charge is 0.275 e. The highest BCUT2D eigenvalue weighted by Gasteiger charge is 2.15. The van der Waals surface area contributed by atoms with Gasteiger partial charge in [-0.05, 0) is 37.6 Å². The molecule has 21 heavy (non-hydrogen) atoms. The summed E-state index contributed by atoms with van der Waals surface area (Å²) in [6.45, 7) is 3.39. The number of pyridine rings is 2. The molecule has 0 aliphatic carbocycles. The summed E-state index contributed by atoms with van der Waals surface area (Å²) >= 11 is 0. The minimum Gasteiger partial charge on any atom is -0.305 e. The van der Waals surface area contributed by atoms with Gasteiger partial charge in [-0.15, -0.1) is 0 Å². The molecular formula is C15H11N5O. The normalized spacial score (nSPS) is 9.52. The van der Waals surface area contributed by atoms with E-state index in [0.717, 1.165) is 0 Å². The van der Waals surface area contributed by atoms with Crippen molar-refractivity contribution in [1.29, 1.82) is 10.5 Å². The van der Waals surface area contributed by atoms with Crippen molar-refractivity contribution in [2.45, 2.75) is 13.8 Å². The first kappa shape index (κ1) is 14.2. The minimum atomic E-state index is -0.440. The molecule has 0 aromatic carbocycles. The molecule has 6 heteroatoms. The van der Waals surface area contributed by atoms with E-state index in [2.05, 4.69) is 15.3 Å². The first-order valence-corrected chi connectivity index (χ1v) is 6.11. The topological polar surface area (TPSA) is 102 Å². The Hall–Kier alpha value is -3.25. The van der Waals surface area contributed by atoms with Crippen molar-refractivity contribution in [3.8, 4) is 12.1 Å². The average Bonchev–Trinajstić information content (AvgIpc) is 2.49. The zero-order chi connectivity index (χ0) is 15.4. The molecule has 102 valence electrons. The highest BCUT2D eigenvalue weighted by Crippen LogP contribution is 2.14. The molecule has 1 amide bonds. The lowest BCUT2D eigenvalue weighted by Gasteiger charge is -2.08. The second-order valence-electron chi connectivity index (χ2n) is 4.39. The second kappa shape index (κ2) is 5.81. The number of hydrogen-bond acceptors (Lipinski definition) is 5. The lowest BCUT2D eigenvalue weighted by Crippen LogP contribution is -2.17. The summed E-state index contributed by atoms with van der Waals surface area (Å²) in [6.07, 6.45) is 1.37. The van der Waals surface area contributed by atoms with Crippen molar-refractivity contribution >= 4 is 11.7 Å². The number of nitrogens with zero attached hydrogens (tertiary/aromatic N) is 4. The molecule has 2 rings (SSSR count). The molecule has 0 saturated heterocycles. The third-order valence-electron chi connectivity index (χ3n) is 2.87. The first-order chi connectivity index (χ1) is 10.0. The van der Waals surface area contributed by atoms with Gasteiger partial charge in [0, 0.05) is 11.9 Å². The Morgan fingerprint density at radius 1 is 1.24 bits per heavy atom. The van der Waals surface area contributed by atoms with Gasteiger partial charge >= 0.3 is 0 Å². The van der Waals surface area contributed by atoms with Gasteiger partial charge in [0.25, 0.3) is 5.91 Å². The quantitative estimate of drug-likeness (QED) is 0.905. The summed E-state index contributed by atoms with van der Waals surface area (Å²) in [5.41, 5.74) is 2.13. The summed E-state index contributed by atoms with van der Waals surface area (Å²) in [7, 11) is 0. The van der Waals surface area contributed by atoms with Crippen LogP contribution in [-0.2, 0) is 0 Å². The van der Waals surface area contributed by atoms with Crippen molar-refractivity contribution in [3.63, 3.8) is 0 Å². The van der Waals surface area contributed by atoms with E-state index in [4.69, 9.17) is 10.5 Å². The summed E-state index contributed by atoms with van der Waals surface area (Å²) in [5.74, 6) is -0.120. The number of carbonyl (C=O) groups excluding carboxylic acids is 1. The van der Waals surface area contributed by atoms with Crippen molar-refractivity contribution in [2.75, 3.05) is 5.32 Å². The van der Waals surface area contributed by atoms with Crippen molar-refractivity contribution in [1.82, 2.24) is 9.97 Å². The number of amides is 1. The molecule has 0 bridgehead atoms. The molecule has 1 N–H and O–H groups in total. The van der Waals surface area contributed by atoms with Crippen LogP contribution in [0, 0.1) is 36.5 Å². The van der Waals surface area contributed by atoms with Crippen molar-refractivity contribution in [2.24, 2.45) is 0 Å². The van der Waals surface area contributed by atoms with E-state index >= 15 is 0 Å². The standard InChI is InChI=1S/C15H11N5O/c1-9-5-12(7-17)10(2)14(19-9)15(21)20-13-4-3-11(6-16)8-18-13/h3-5,8H,1-2H3,(H,18,20,21). The molecule has 0 fully saturated rings. The third-order valence-corrected chi connectivity index (χ3v) is 2.87. The van der Waals surface area contributed by atoms with Crippen LogP contribution in [0.4, 0.5) is 5.82 Å². The van der Waals surface area contributed by atoms with Crippen LogP contribution in [0.1, 0.15) is 32.9 Å². The van der Waals surface area contributed by atoms with Gasteiger partial charge in [0.2, 0.25) is 0 Å². The molecule has 0 unspecified atom stereocenters. The van der Waals surface area contributed by atoms with Crippen molar-refractivity contribution < 1.29 is 4.79 Å². The maximum absolute atomic E-state index is 12.2. The molecule has 0 aliphatic rings. The molecule has 2 aromatic rings. The molecule has 2 aromatic heterocycles. The Morgan fingerprint density at radius 2 is 2.00 bits per heavy atom. The summed E-state index contributed by atoms with van der Waals surface area (Å²) in [5, 5.41) is 20.3. The van der Waals surface area contributed by atoms with E-state index in [1.807, 2.05) is 12.1 Å². The largest absolute Gasteiger partial charge is 0.305 e. The number of nitriles is 2. The van der Waals surface area contributed by atoms with Gasteiger partial charge in [-0.25, -0.2) is 9.97 Å². The van der Waals surface area contributed by atoms with E-state index in [0.29, 0.717) is 28.2 Å². The Labute approximate surface area is 121 Å². The molecule has 6 nitrogen and oxygen atoms in total. The molecule has 0 radical (unpaired) electrons. The van der Waals surface area contributed by atoms with Crippen LogP contribution >= 0.6 is 0 Å². The van der Waals surface area contributed by atoms with Crippen LogP contribution in [0.3, 0.4) is 0 Å². The van der Waals surface area contributed by atoms with E-state index in [-0.39, 0.29) is 5.69 Å². The predicted octanol–water partition coefficient (Wildman–Crippen LogP) is 2.09. The fraction of sp³-hybridized carbons (Fsp3) is 0.133. The van der Waals surface area contributed by atoms with Crippen LogP contribution in [0.15, 0.2) is 24.4 Å². The summed E-state index contributed by atoms with van der Waals surface area (Å²) in [4.78, 5) is 20.4. The number of carbonyl (C=O) groups is 1. The Morgan fingerprint density at radius 3 is 2.57 bits per heavy atom. The number of nitrogens with one attached hydrogen (secondary N) is 1. The van der Waals surface area contributed by atoms with Gasteiger partial charge in [0.1, 0.15) is 17.6 Å². The number of aromatic nitrogens is 2. The second-order valence-corrected chi connectivity index (χ2v) is 4.39. The van der Waals surface area contributed by atoms with Gasteiger partial charge in [-0.1, -0.05) is 0 Å². The van der Waals surface area contributed by atoms with E-state index < -0.39 is 5.91 Å². The maximum atomic E-state index is 12.2. The Kier molecular flexibility index (Phi) is 3.92. The fourth-order valence-electron chi connectivity index (χ4n) is 1.78. The molecule has 2 heterocycles. The van der Waals surface area contributed by atoms with Gasteiger partial charge in [0.05, 0.1) is 17.2 Å². The van der Waals surface area contributed by atoms with Crippen LogP contribution in [0.25, 0.3) is 0 Å². The minimum absolute atomic E-state index is 0.192. The summed E-state index contributed by atoms with van der Waals surface area (Å²) < 4.78 is 0. The average molecular weight is 277 g/mol. The van der Waals surface area contributed by atoms with Gasteiger partial charge < -0.3 is 5.32 Å². The van der Waals surface area contributed by atoms with Crippen LogP contribution in [0.2, 0.25) is 0 Å². The molecular weight excluding hydrogens is 266 g/mol. The Bertz CT molecular complexity index is 781. The van der Waals surface area contributed by atoms with E-state index in [9.17, 15) is 4.79 Å². The molecule has 0 saturated carbocycles. The molecule has 0 atom stereocenters. The number of hydrogen-bond donors (Lipinski definition) is 1. The Balaban J connectivity index is 2.30. The van der Waals surface area contributed by atoms with Crippen LogP contribution in [-0.4, -0.2) is 15.9 Å². The zero-order valence-electron chi connectivity index (χ0n) is 11.5. The first-order valence-electron chi connectivity index (χ1n) is 6.11. The van der Waals surface area contributed by atoms with Crippen molar-refractivity contribution in [3.05, 3.63) is 52.5 Å². The highest BCUT2D eigenvalue weighted by atomic mass is 16.1. The monoisotopic (exact) mass is 277 g/mol. The lowest BCUT2D eigenvalue weighted by atomic mass is 10.1. The molecule has 0 aliphatic heterocycles. The predicted molar refractivity (Wildman–Crippen MR) is 75.3 cm³/mol. The summed E-state index contributed by atoms with van der Waals surface area (Å²) in [6, 6.07) is 8.71. The van der Waals surface area contributed by atoms with Gasteiger partial charge in [-0.3, -0.25) is 4.79 Å². The lowest BCUT2D eigenvalue weighted by molar-refractivity contribution is 0.102.